The van der Waals surface area contributed by atoms with Crippen LogP contribution in [0.1, 0.15) is 22.3 Å². The lowest BCUT2D eigenvalue weighted by molar-refractivity contribution is 0.402. The minimum absolute atomic E-state index is 0.874. The van der Waals surface area contributed by atoms with Gasteiger partial charge >= 0.3 is 0 Å². The van der Waals surface area contributed by atoms with E-state index in [4.69, 9.17) is 0 Å². The van der Waals surface area contributed by atoms with Crippen molar-refractivity contribution >= 4 is 5.69 Å². The molecule has 2 rings (SSSR count). The van der Waals surface area contributed by atoms with Gasteiger partial charge in [0.1, 0.15) is 0 Å². The zero-order valence-corrected chi connectivity index (χ0v) is 12.9. The van der Waals surface area contributed by atoms with Gasteiger partial charge in [-0.15, -0.1) is 0 Å². The van der Waals surface area contributed by atoms with Crippen molar-refractivity contribution in [3.63, 3.8) is 0 Å². The predicted molar refractivity (Wildman–Crippen MR) is 87.1 cm³/mol. The molecular weight excluding hydrogens is 244 g/mol. The molecule has 2 heteroatoms. The summed E-state index contributed by atoms with van der Waals surface area (Å²) >= 11 is 0. The monoisotopic (exact) mass is 268 g/mol. The molecule has 0 atom stereocenters. The molecule has 0 saturated heterocycles. The Hall–Kier alpha value is -1.80. The SMILES string of the molecule is Cc1ccc(CNc2ccc(CN(C)C)cc2)c(C)c1. The summed E-state index contributed by atoms with van der Waals surface area (Å²) in [6.45, 7) is 6.16. The largest absolute Gasteiger partial charge is 0.381 e. The smallest absolute Gasteiger partial charge is 0.0403 e. The van der Waals surface area contributed by atoms with Gasteiger partial charge in [0.05, 0.1) is 0 Å². The van der Waals surface area contributed by atoms with E-state index in [1.807, 2.05) is 0 Å². The van der Waals surface area contributed by atoms with Crippen LogP contribution in [0.5, 0.6) is 0 Å². The average Bonchev–Trinajstić information content (AvgIpc) is 2.39. The molecule has 0 bridgehead atoms. The summed E-state index contributed by atoms with van der Waals surface area (Å²) < 4.78 is 0. The first-order valence-electron chi connectivity index (χ1n) is 7.08. The summed E-state index contributed by atoms with van der Waals surface area (Å²) in [5.41, 5.74) is 6.54. The maximum Gasteiger partial charge on any atom is 0.0403 e. The van der Waals surface area contributed by atoms with Crippen LogP contribution in [0.3, 0.4) is 0 Å². The minimum Gasteiger partial charge on any atom is -0.381 e. The Morgan fingerprint density at radius 2 is 1.65 bits per heavy atom. The van der Waals surface area contributed by atoms with E-state index in [0.717, 1.165) is 13.1 Å². The summed E-state index contributed by atoms with van der Waals surface area (Å²) in [6.07, 6.45) is 0. The van der Waals surface area contributed by atoms with Crippen molar-refractivity contribution in [2.45, 2.75) is 26.9 Å². The van der Waals surface area contributed by atoms with Crippen LogP contribution in [0.15, 0.2) is 42.5 Å². The highest BCUT2D eigenvalue weighted by atomic mass is 15.0. The van der Waals surface area contributed by atoms with Crippen LogP contribution in [0.2, 0.25) is 0 Å². The van der Waals surface area contributed by atoms with Crippen molar-refractivity contribution in [3.05, 3.63) is 64.7 Å². The minimum atomic E-state index is 0.874. The van der Waals surface area contributed by atoms with Gasteiger partial charge in [-0.25, -0.2) is 0 Å². The Labute approximate surface area is 122 Å². The van der Waals surface area contributed by atoms with Crippen molar-refractivity contribution < 1.29 is 0 Å². The third-order valence-electron chi connectivity index (χ3n) is 3.43. The first kappa shape index (κ1) is 14.6. The van der Waals surface area contributed by atoms with Gasteiger partial charge in [-0.3, -0.25) is 0 Å². The lowest BCUT2D eigenvalue weighted by Crippen LogP contribution is -2.10. The lowest BCUT2D eigenvalue weighted by Gasteiger charge is -2.12. The second-order valence-electron chi connectivity index (χ2n) is 5.72. The number of aryl methyl sites for hydroxylation is 2. The molecule has 0 aromatic heterocycles. The quantitative estimate of drug-likeness (QED) is 0.882. The maximum absolute atomic E-state index is 3.49. The van der Waals surface area contributed by atoms with Crippen LogP contribution in [0, 0.1) is 13.8 Å². The van der Waals surface area contributed by atoms with Crippen LogP contribution in [-0.4, -0.2) is 19.0 Å². The van der Waals surface area contributed by atoms with Crippen molar-refractivity contribution in [2.24, 2.45) is 0 Å². The Kier molecular flexibility index (Phi) is 4.80. The molecule has 1 N–H and O–H groups in total. The van der Waals surface area contributed by atoms with Crippen molar-refractivity contribution in [2.75, 3.05) is 19.4 Å². The molecule has 0 aliphatic rings. The number of nitrogens with zero attached hydrogens (tertiary/aromatic N) is 1. The highest BCUT2D eigenvalue weighted by molar-refractivity contribution is 5.46. The topological polar surface area (TPSA) is 15.3 Å². The summed E-state index contributed by atoms with van der Waals surface area (Å²) in [7, 11) is 4.18. The number of hydrogen-bond acceptors (Lipinski definition) is 2. The number of anilines is 1. The van der Waals surface area contributed by atoms with Gasteiger partial charge in [-0.1, -0.05) is 35.9 Å². The van der Waals surface area contributed by atoms with Crippen LogP contribution in [0.4, 0.5) is 5.69 Å². The van der Waals surface area contributed by atoms with E-state index < -0.39 is 0 Å². The molecule has 2 nitrogen and oxygen atoms in total. The van der Waals surface area contributed by atoms with E-state index in [2.05, 4.69) is 80.6 Å². The molecule has 0 unspecified atom stereocenters. The summed E-state index contributed by atoms with van der Waals surface area (Å²) in [6, 6.07) is 15.3. The van der Waals surface area contributed by atoms with Crippen LogP contribution in [0.25, 0.3) is 0 Å². The fourth-order valence-corrected chi connectivity index (χ4v) is 2.33. The Bertz CT molecular complexity index is 556. The van der Waals surface area contributed by atoms with Crippen molar-refractivity contribution in [3.8, 4) is 0 Å². The molecule has 0 aliphatic carbocycles. The molecule has 0 heterocycles. The fourth-order valence-electron chi connectivity index (χ4n) is 2.33. The third kappa shape index (κ3) is 4.10. The molecule has 0 aliphatic heterocycles. The van der Waals surface area contributed by atoms with Gasteiger partial charge in [0.25, 0.3) is 0 Å². The van der Waals surface area contributed by atoms with Gasteiger partial charge < -0.3 is 10.2 Å². The van der Waals surface area contributed by atoms with Gasteiger partial charge in [-0.05, 0) is 56.8 Å². The molecule has 2 aromatic rings. The van der Waals surface area contributed by atoms with Crippen molar-refractivity contribution in [1.82, 2.24) is 4.90 Å². The Morgan fingerprint density at radius 3 is 2.25 bits per heavy atom. The van der Waals surface area contributed by atoms with Crippen molar-refractivity contribution in [1.29, 1.82) is 0 Å². The molecule has 106 valence electrons. The number of nitrogens with one attached hydrogen (secondary N) is 1. The number of rotatable bonds is 5. The molecule has 0 radical (unpaired) electrons. The normalized spacial score (nSPS) is 10.8. The zero-order chi connectivity index (χ0) is 14.5. The van der Waals surface area contributed by atoms with E-state index in [-0.39, 0.29) is 0 Å². The van der Waals surface area contributed by atoms with E-state index >= 15 is 0 Å². The first-order valence-corrected chi connectivity index (χ1v) is 7.08. The molecule has 2 aromatic carbocycles. The summed E-state index contributed by atoms with van der Waals surface area (Å²) in [5, 5.41) is 3.49. The molecule has 0 spiro atoms. The van der Waals surface area contributed by atoms with E-state index in [1.165, 1.54) is 27.9 Å². The van der Waals surface area contributed by atoms with E-state index in [0.29, 0.717) is 0 Å². The summed E-state index contributed by atoms with van der Waals surface area (Å²) in [4.78, 5) is 2.18. The van der Waals surface area contributed by atoms with Crippen LogP contribution < -0.4 is 5.32 Å². The van der Waals surface area contributed by atoms with Gasteiger partial charge in [-0.2, -0.15) is 0 Å². The summed E-state index contributed by atoms with van der Waals surface area (Å²) in [5.74, 6) is 0. The maximum atomic E-state index is 3.49. The van der Waals surface area contributed by atoms with Gasteiger partial charge in [0, 0.05) is 18.8 Å². The van der Waals surface area contributed by atoms with E-state index in [1.54, 1.807) is 0 Å². The Balaban J connectivity index is 1.96. The molecular formula is C18H24N2. The van der Waals surface area contributed by atoms with Crippen LogP contribution in [-0.2, 0) is 13.1 Å². The highest BCUT2D eigenvalue weighted by Gasteiger charge is 2.00. The fraction of sp³-hybridized carbons (Fsp3) is 0.333. The lowest BCUT2D eigenvalue weighted by atomic mass is 10.1. The number of hydrogen-bond donors (Lipinski definition) is 1. The average molecular weight is 268 g/mol. The second kappa shape index (κ2) is 6.58. The van der Waals surface area contributed by atoms with Gasteiger partial charge in [0.2, 0.25) is 0 Å². The first-order chi connectivity index (χ1) is 9.54. The molecule has 20 heavy (non-hydrogen) atoms. The molecule has 0 amide bonds. The predicted octanol–water partition coefficient (Wildman–Crippen LogP) is 3.98. The second-order valence-corrected chi connectivity index (χ2v) is 5.72. The van der Waals surface area contributed by atoms with E-state index in [9.17, 15) is 0 Å². The highest BCUT2D eigenvalue weighted by Crippen LogP contribution is 2.15. The third-order valence-corrected chi connectivity index (χ3v) is 3.43. The standard InChI is InChI=1S/C18H24N2/c1-14-5-8-17(15(2)11-14)12-19-18-9-6-16(7-10-18)13-20(3)4/h5-11,19H,12-13H2,1-4H3. The van der Waals surface area contributed by atoms with Crippen LogP contribution >= 0.6 is 0 Å². The Morgan fingerprint density at radius 1 is 0.950 bits per heavy atom. The molecule has 0 fully saturated rings. The zero-order valence-electron chi connectivity index (χ0n) is 12.9. The van der Waals surface area contributed by atoms with Gasteiger partial charge in [0.15, 0.2) is 0 Å². The number of benzene rings is 2. The molecule has 0 saturated carbocycles.